The van der Waals surface area contributed by atoms with Gasteiger partial charge in [0.1, 0.15) is 6.04 Å². The first kappa shape index (κ1) is 13.2. The maximum atomic E-state index is 12.3. The molecule has 1 N–H and O–H groups in total. The number of aryl methyl sites for hydroxylation is 1. The van der Waals surface area contributed by atoms with Gasteiger partial charge in [-0.05, 0) is 49.3 Å². The van der Waals surface area contributed by atoms with Crippen LogP contribution in [0.1, 0.15) is 37.3 Å². The molecule has 0 bridgehead atoms. The molecule has 1 aliphatic heterocycles. The molecule has 1 atom stereocenters. The van der Waals surface area contributed by atoms with Crippen LogP contribution in [0.15, 0.2) is 18.2 Å². The Kier molecular flexibility index (Phi) is 3.47. The molecule has 1 aromatic carbocycles. The zero-order chi connectivity index (χ0) is 14.1. The number of rotatable bonds is 2. The van der Waals surface area contributed by atoms with E-state index in [1.54, 1.807) is 4.90 Å². The molecule has 2 amide bonds. The number of nitrogens with zero attached hydrogens (tertiary/aromatic N) is 1. The van der Waals surface area contributed by atoms with Gasteiger partial charge in [-0.1, -0.05) is 19.1 Å². The zero-order valence-corrected chi connectivity index (χ0v) is 11.8. The molecule has 20 heavy (non-hydrogen) atoms. The van der Waals surface area contributed by atoms with E-state index < -0.39 is 0 Å². The molecule has 1 aliphatic carbocycles. The largest absolute Gasteiger partial charge is 0.345 e. The van der Waals surface area contributed by atoms with Gasteiger partial charge in [0.15, 0.2) is 0 Å². The third-order valence-electron chi connectivity index (χ3n) is 4.31. The van der Waals surface area contributed by atoms with Crippen LogP contribution < -0.4 is 10.2 Å². The molecule has 1 saturated heterocycles. The Morgan fingerprint density at radius 1 is 1.25 bits per heavy atom. The number of hydrogen-bond acceptors (Lipinski definition) is 2. The lowest BCUT2D eigenvalue weighted by Gasteiger charge is -2.36. The number of carbonyl (C=O) groups excluding carboxylic acids is 2. The van der Waals surface area contributed by atoms with Crippen molar-refractivity contribution in [2.75, 3.05) is 11.4 Å². The normalized spacial score (nSPS) is 22.4. The summed E-state index contributed by atoms with van der Waals surface area (Å²) in [6.45, 7) is 2.06. The molecule has 4 nitrogen and oxygen atoms in total. The Bertz CT molecular complexity index is 553. The van der Waals surface area contributed by atoms with Crippen LogP contribution in [0.3, 0.4) is 0 Å². The number of hydrogen-bond donors (Lipinski definition) is 1. The first-order valence-corrected chi connectivity index (χ1v) is 7.43. The summed E-state index contributed by atoms with van der Waals surface area (Å²) in [7, 11) is 0. The van der Waals surface area contributed by atoms with Gasteiger partial charge in [-0.15, -0.1) is 0 Å². The summed E-state index contributed by atoms with van der Waals surface area (Å²) in [5.74, 6) is -0.0454. The van der Waals surface area contributed by atoms with E-state index in [1.807, 2.05) is 19.1 Å². The van der Waals surface area contributed by atoms with Gasteiger partial charge < -0.3 is 5.32 Å². The lowest BCUT2D eigenvalue weighted by atomic mass is 9.89. The highest BCUT2D eigenvalue weighted by Crippen LogP contribution is 2.32. The van der Waals surface area contributed by atoms with Gasteiger partial charge in [-0.25, -0.2) is 0 Å². The van der Waals surface area contributed by atoms with Crippen LogP contribution in [-0.2, 0) is 22.4 Å². The van der Waals surface area contributed by atoms with Crippen LogP contribution in [0.25, 0.3) is 0 Å². The summed E-state index contributed by atoms with van der Waals surface area (Å²) >= 11 is 0. The SMILES string of the molecule is CCC1C(=O)NCC(=O)N1c1cccc2c1CCCC2. The van der Waals surface area contributed by atoms with Crippen LogP contribution in [0, 0.1) is 0 Å². The number of anilines is 1. The minimum Gasteiger partial charge on any atom is -0.345 e. The average molecular weight is 272 g/mol. The molecule has 0 saturated carbocycles. The standard InChI is InChI=1S/C16H20N2O2/c1-2-13-16(20)17-10-15(19)18(13)14-9-5-7-11-6-3-4-8-12(11)14/h5,7,9,13H,2-4,6,8,10H2,1H3,(H,17,20). The topological polar surface area (TPSA) is 49.4 Å². The highest BCUT2D eigenvalue weighted by atomic mass is 16.2. The van der Waals surface area contributed by atoms with E-state index in [1.165, 1.54) is 17.5 Å². The highest BCUT2D eigenvalue weighted by Gasteiger charge is 2.35. The molecule has 2 aliphatic rings. The third kappa shape index (κ3) is 2.09. The minimum atomic E-state index is -0.371. The fourth-order valence-corrected chi connectivity index (χ4v) is 3.31. The molecule has 1 aromatic rings. The maximum absolute atomic E-state index is 12.3. The van der Waals surface area contributed by atoms with Gasteiger partial charge >= 0.3 is 0 Å². The summed E-state index contributed by atoms with van der Waals surface area (Å²) < 4.78 is 0. The fraction of sp³-hybridized carbons (Fsp3) is 0.500. The van der Waals surface area contributed by atoms with Crippen molar-refractivity contribution in [3.05, 3.63) is 29.3 Å². The Morgan fingerprint density at radius 3 is 2.85 bits per heavy atom. The predicted molar refractivity (Wildman–Crippen MR) is 77.7 cm³/mol. The quantitative estimate of drug-likeness (QED) is 0.892. The van der Waals surface area contributed by atoms with Crippen LogP contribution >= 0.6 is 0 Å². The second-order valence-electron chi connectivity index (χ2n) is 5.53. The summed E-state index contributed by atoms with van der Waals surface area (Å²) in [5.41, 5.74) is 3.55. The number of fused-ring (bicyclic) bond motifs is 1. The number of nitrogens with one attached hydrogen (secondary N) is 1. The molecule has 0 aromatic heterocycles. The Morgan fingerprint density at radius 2 is 2.05 bits per heavy atom. The van der Waals surface area contributed by atoms with Crippen LogP contribution in [0.5, 0.6) is 0 Å². The van der Waals surface area contributed by atoms with E-state index in [-0.39, 0.29) is 24.4 Å². The lowest BCUT2D eigenvalue weighted by Crippen LogP contribution is -2.58. The molecule has 1 fully saturated rings. The average Bonchev–Trinajstić information content (AvgIpc) is 2.49. The second-order valence-corrected chi connectivity index (χ2v) is 5.53. The first-order valence-electron chi connectivity index (χ1n) is 7.43. The Hall–Kier alpha value is -1.84. The lowest BCUT2D eigenvalue weighted by molar-refractivity contribution is -0.131. The van der Waals surface area contributed by atoms with Gasteiger partial charge in [0, 0.05) is 5.69 Å². The molecule has 4 heteroatoms. The monoisotopic (exact) mass is 272 g/mol. The van der Waals surface area contributed by atoms with E-state index in [2.05, 4.69) is 11.4 Å². The number of benzene rings is 1. The summed E-state index contributed by atoms with van der Waals surface area (Å²) in [6.07, 6.45) is 5.10. The van der Waals surface area contributed by atoms with Gasteiger partial charge in [0.2, 0.25) is 11.8 Å². The van der Waals surface area contributed by atoms with Gasteiger partial charge in [0.25, 0.3) is 0 Å². The minimum absolute atomic E-state index is 0.00424. The van der Waals surface area contributed by atoms with Crippen molar-refractivity contribution in [3.8, 4) is 0 Å². The summed E-state index contributed by atoms with van der Waals surface area (Å²) in [4.78, 5) is 26.0. The predicted octanol–water partition coefficient (Wildman–Crippen LogP) is 1.81. The van der Waals surface area contributed by atoms with E-state index in [0.717, 1.165) is 24.9 Å². The molecule has 106 valence electrons. The number of amides is 2. The van der Waals surface area contributed by atoms with Crippen molar-refractivity contribution in [2.45, 2.75) is 45.1 Å². The molecular formula is C16H20N2O2. The van der Waals surface area contributed by atoms with Gasteiger partial charge in [-0.2, -0.15) is 0 Å². The maximum Gasteiger partial charge on any atom is 0.247 e. The van der Waals surface area contributed by atoms with Crippen molar-refractivity contribution in [2.24, 2.45) is 0 Å². The van der Waals surface area contributed by atoms with Crippen LogP contribution in [-0.4, -0.2) is 24.4 Å². The molecule has 3 rings (SSSR count). The van der Waals surface area contributed by atoms with Gasteiger partial charge in [0.05, 0.1) is 6.54 Å². The van der Waals surface area contributed by atoms with E-state index in [4.69, 9.17) is 0 Å². The molecule has 0 spiro atoms. The first-order chi connectivity index (χ1) is 9.72. The van der Waals surface area contributed by atoms with Gasteiger partial charge in [-0.3, -0.25) is 14.5 Å². The number of carbonyl (C=O) groups is 2. The van der Waals surface area contributed by atoms with Crippen molar-refractivity contribution in [3.63, 3.8) is 0 Å². The Balaban J connectivity index is 2.06. The molecule has 1 unspecified atom stereocenters. The van der Waals surface area contributed by atoms with Crippen molar-refractivity contribution in [1.82, 2.24) is 5.32 Å². The second kappa shape index (κ2) is 5.27. The Labute approximate surface area is 119 Å². The van der Waals surface area contributed by atoms with Crippen molar-refractivity contribution < 1.29 is 9.59 Å². The highest BCUT2D eigenvalue weighted by molar-refractivity contribution is 6.07. The molecule has 0 radical (unpaired) electrons. The van der Waals surface area contributed by atoms with Crippen LogP contribution in [0.2, 0.25) is 0 Å². The summed E-state index contributed by atoms with van der Waals surface area (Å²) in [6, 6.07) is 5.77. The smallest absolute Gasteiger partial charge is 0.247 e. The fourth-order valence-electron chi connectivity index (χ4n) is 3.31. The third-order valence-corrected chi connectivity index (χ3v) is 4.31. The number of piperazine rings is 1. The van der Waals surface area contributed by atoms with Crippen molar-refractivity contribution in [1.29, 1.82) is 0 Å². The summed E-state index contributed by atoms with van der Waals surface area (Å²) in [5, 5.41) is 2.68. The van der Waals surface area contributed by atoms with Crippen LogP contribution in [0.4, 0.5) is 5.69 Å². The van der Waals surface area contributed by atoms with E-state index in [0.29, 0.717) is 6.42 Å². The van der Waals surface area contributed by atoms with E-state index in [9.17, 15) is 9.59 Å². The molecule has 1 heterocycles. The van der Waals surface area contributed by atoms with Crippen molar-refractivity contribution >= 4 is 17.5 Å². The molecular weight excluding hydrogens is 252 g/mol. The van der Waals surface area contributed by atoms with E-state index >= 15 is 0 Å². The zero-order valence-electron chi connectivity index (χ0n) is 11.8.